The molecule has 1 aliphatic heterocycles. The highest BCUT2D eigenvalue weighted by molar-refractivity contribution is 7.80. The van der Waals surface area contributed by atoms with Gasteiger partial charge in [0.15, 0.2) is 0 Å². The quantitative estimate of drug-likeness (QED) is 0.727. The fraction of sp³-hybridized carbons (Fsp3) is 0.909. The normalized spacial score (nSPS) is 24.1. The van der Waals surface area contributed by atoms with Gasteiger partial charge in [0.1, 0.15) is 0 Å². The number of nitrogens with two attached hydrogens (primary N) is 1. The number of likely N-dealkylation sites (tertiary alicyclic amines) is 1. The Balaban J connectivity index is 2.50. The molecule has 1 saturated heterocycles. The van der Waals surface area contributed by atoms with Gasteiger partial charge in [-0.2, -0.15) is 0 Å². The molecule has 1 heterocycles. The predicted molar refractivity (Wildman–Crippen MR) is 65.5 cm³/mol. The van der Waals surface area contributed by atoms with Gasteiger partial charge in [0, 0.05) is 18.5 Å². The van der Waals surface area contributed by atoms with Crippen LogP contribution in [0.5, 0.6) is 0 Å². The molecule has 3 heteroatoms. The van der Waals surface area contributed by atoms with Gasteiger partial charge in [0.05, 0.1) is 4.99 Å². The van der Waals surface area contributed by atoms with Crippen molar-refractivity contribution in [3.63, 3.8) is 0 Å². The maximum absolute atomic E-state index is 5.72. The van der Waals surface area contributed by atoms with Crippen molar-refractivity contribution in [2.75, 3.05) is 13.1 Å². The van der Waals surface area contributed by atoms with Crippen LogP contribution in [-0.2, 0) is 0 Å². The van der Waals surface area contributed by atoms with E-state index < -0.39 is 0 Å². The van der Waals surface area contributed by atoms with E-state index in [1.807, 2.05) is 0 Å². The van der Waals surface area contributed by atoms with Crippen LogP contribution in [0.4, 0.5) is 0 Å². The zero-order chi connectivity index (χ0) is 10.6. The first kappa shape index (κ1) is 11.9. The van der Waals surface area contributed by atoms with Crippen LogP contribution in [-0.4, -0.2) is 29.0 Å². The average Bonchev–Trinajstić information content (AvgIpc) is 2.20. The molecule has 0 aromatic rings. The summed E-state index contributed by atoms with van der Waals surface area (Å²) in [5, 5.41) is 0. The van der Waals surface area contributed by atoms with Gasteiger partial charge < -0.3 is 5.73 Å². The lowest BCUT2D eigenvalue weighted by molar-refractivity contribution is 0.138. The number of piperidine rings is 1. The highest BCUT2D eigenvalue weighted by Crippen LogP contribution is 2.21. The van der Waals surface area contributed by atoms with Crippen molar-refractivity contribution < 1.29 is 0 Å². The Morgan fingerprint density at radius 3 is 2.64 bits per heavy atom. The molecule has 14 heavy (non-hydrogen) atoms. The third-order valence-electron chi connectivity index (χ3n) is 3.31. The van der Waals surface area contributed by atoms with Gasteiger partial charge in [-0.25, -0.2) is 0 Å². The highest BCUT2D eigenvalue weighted by atomic mass is 32.1. The molecule has 0 spiro atoms. The maximum atomic E-state index is 5.72. The first-order valence-electron chi connectivity index (χ1n) is 5.72. The van der Waals surface area contributed by atoms with Crippen LogP contribution < -0.4 is 5.73 Å². The smallest absolute Gasteiger partial charge is 0.0771 e. The number of nitrogens with zero attached hydrogens (tertiary/aromatic N) is 1. The lowest BCUT2D eigenvalue weighted by atomic mass is 9.95. The van der Waals surface area contributed by atoms with Crippen molar-refractivity contribution in [1.82, 2.24) is 4.90 Å². The topological polar surface area (TPSA) is 29.3 Å². The van der Waals surface area contributed by atoms with Gasteiger partial charge in [0.25, 0.3) is 0 Å². The summed E-state index contributed by atoms with van der Waals surface area (Å²) in [5.74, 6) is 0.458. The molecule has 0 aromatic heterocycles. The van der Waals surface area contributed by atoms with E-state index in [1.165, 1.54) is 32.2 Å². The van der Waals surface area contributed by atoms with E-state index in [2.05, 4.69) is 18.7 Å². The number of thiocarbonyl (C=S) groups is 1. The predicted octanol–water partition coefficient (Wildman–Crippen LogP) is 2.17. The van der Waals surface area contributed by atoms with E-state index in [-0.39, 0.29) is 0 Å². The summed E-state index contributed by atoms with van der Waals surface area (Å²) in [6.45, 7) is 6.84. The molecular formula is C11H22N2S. The lowest BCUT2D eigenvalue weighted by Crippen LogP contribution is -2.45. The van der Waals surface area contributed by atoms with Gasteiger partial charge in [-0.05, 0) is 32.2 Å². The molecule has 2 N–H and O–H groups in total. The standard InChI is InChI=1S/C11H22N2S/c1-3-10(4-2)13-7-5-6-9(8-13)11(12)14/h9-10H,3-8H2,1-2H3,(H2,12,14). The molecule has 82 valence electrons. The van der Waals surface area contributed by atoms with Crippen molar-refractivity contribution in [2.24, 2.45) is 11.7 Å². The molecule has 0 radical (unpaired) electrons. The lowest BCUT2D eigenvalue weighted by Gasteiger charge is -2.37. The second kappa shape index (κ2) is 5.66. The number of rotatable bonds is 4. The third kappa shape index (κ3) is 2.92. The fourth-order valence-corrected chi connectivity index (χ4v) is 2.57. The van der Waals surface area contributed by atoms with Crippen molar-refractivity contribution in [3.05, 3.63) is 0 Å². The summed E-state index contributed by atoms with van der Waals surface area (Å²) in [4.78, 5) is 3.27. The van der Waals surface area contributed by atoms with Gasteiger partial charge in [-0.15, -0.1) is 0 Å². The summed E-state index contributed by atoms with van der Waals surface area (Å²) in [6.07, 6.45) is 4.91. The van der Waals surface area contributed by atoms with Crippen LogP contribution in [0.25, 0.3) is 0 Å². The first-order valence-corrected chi connectivity index (χ1v) is 6.13. The van der Waals surface area contributed by atoms with Crippen LogP contribution in [0.15, 0.2) is 0 Å². The molecule has 1 unspecified atom stereocenters. The summed E-state index contributed by atoms with van der Waals surface area (Å²) in [6, 6.07) is 0.729. The van der Waals surface area contributed by atoms with Gasteiger partial charge >= 0.3 is 0 Å². The molecule has 0 saturated carbocycles. The van der Waals surface area contributed by atoms with E-state index in [9.17, 15) is 0 Å². The molecule has 0 aliphatic carbocycles. The molecule has 1 atom stereocenters. The minimum atomic E-state index is 0.458. The van der Waals surface area contributed by atoms with Gasteiger partial charge in [0.2, 0.25) is 0 Å². The zero-order valence-corrected chi connectivity index (χ0v) is 10.1. The molecule has 1 aliphatic rings. The maximum Gasteiger partial charge on any atom is 0.0771 e. The van der Waals surface area contributed by atoms with Crippen LogP contribution in [0.3, 0.4) is 0 Å². The van der Waals surface area contributed by atoms with Crippen molar-refractivity contribution in [3.8, 4) is 0 Å². The third-order valence-corrected chi connectivity index (χ3v) is 3.65. The Morgan fingerprint density at radius 2 is 2.14 bits per heavy atom. The van der Waals surface area contributed by atoms with Gasteiger partial charge in [-0.3, -0.25) is 4.90 Å². The van der Waals surface area contributed by atoms with Crippen LogP contribution in [0.2, 0.25) is 0 Å². The van der Waals surface area contributed by atoms with E-state index in [0.717, 1.165) is 12.6 Å². The van der Waals surface area contributed by atoms with E-state index >= 15 is 0 Å². The van der Waals surface area contributed by atoms with E-state index in [0.29, 0.717) is 10.9 Å². The summed E-state index contributed by atoms with van der Waals surface area (Å²) in [5.41, 5.74) is 5.72. The molecule has 2 nitrogen and oxygen atoms in total. The number of hydrogen-bond acceptors (Lipinski definition) is 2. The molecule has 1 rings (SSSR count). The van der Waals surface area contributed by atoms with Crippen molar-refractivity contribution in [1.29, 1.82) is 0 Å². The van der Waals surface area contributed by atoms with Gasteiger partial charge in [-0.1, -0.05) is 26.1 Å². The van der Waals surface area contributed by atoms with Crippen molar-refractivity contribution in [2.45, 2.75) is 45.6 Å². The second-order valence-corrected chi connectivity index (χ2v) is 4.68. The number of hydrogen-bond donors (Lipinski definition) is 1. The first-order chi connectivity index (χ1) is 6.69. The minimum absolute atomic E-state index is 0.458. The van der Waals surface area contributed by atoms with Crippen LogP contribution in [0, 0.1) is 5.92 Å². The Bertz CT molecular complexity index is 190. The van der Waals surface area contributed by atoms with Crippen LogP contribution >= 0.6 is 12.2 Å². The highest BCUT2D eigenvalue weighted by Gasteiger charge is 2.25. The summed E-state index contributed by atoms with van der Waals surface area (Å²) >= 11 is 5.08. The van der Waals surface area contributed by atoms with E-state index in [4.69, 9.17) is 18.0 Å². The second-order valence-electron chi connectivity index (χ2n) is 4.21. The molecule has 0 amide bonds. The van der Waals surface area contributed by atoms with Crippen molar-refractivity contribution >= 4 is 17.2 Å². The molecule has 1 fully saturated rings. The molecule has 0 aromatic carbocycles. The van der Waals surface area contributed by atoms with E-state index in [1.54, 1.807) is 0 Å². The Hall–Kier alpha value is -0.150. The van der Waals surface area contributed by atoms with Crippen LogP contribution in [0.1, 0.15) is 39.5 Å². The Morgan fingerprint density at radius 1 is 1.50 bits per heavy atom. The SMILES string of the molecule is CCC(CC)N1CCCC(C(N)=S)C1. The monoisotopic (exact) mass is 214 g/mol. The Labute approximate surface area is 92.8 Å². The summed E-state index contributed by atoms with van der Waals surface area (Å²) < 4.78 is 0. The average molecular weight is 214 g/mol. The molecular weight excluding hydrogens is 192 g/mol. The fourth-order valence-electron chi connectivity index (χ4n) is 2.38. The Kier molecular flexibility index (Phi) is 4.82. The summed E-state index contributed by atoms with van der Waals surface area (Å²) in [7, 11) is 0. The molecule has 0 bridgehead atoms. The minimum Gasteiger partial charge on any atom is -0.393 e. The largest absolute Gasteiger partial charge is 0.393 e. The zero-order valence-electron chi connectivity index (χ0n) is 9.33.